The van der Waals surface area contributed by atoms with Gasteiger partial charge in [-0.05, 0) is 25.0 Å². The Morgan fingerprint density at radius 3 is 1.25 bits per heavy atom. The monoisotopic (exact) mass is 915 g/mol. The Balaban J connectivity index is 0.952. The van der Waals surface area contributed by atoms with Crippen LogP contribution in [0.15, 0.2) is 18.2 Å². The Hall–Kier alpha value is -3.22. The van der Waals surface area contributed by atoms with E-state index in [0.717, 1.165) is 17.9 Å². The molecular formula is C44H73N3O17. The first-order chi connectivity index (χ1) is 31.5. The Kier molecular flexibility index (Phi) is 32.7. The summed E-state index contributed by atoms with van der Waals surface area (Å²) >= 11 is 0. The third-order valence-corrected chi connectivity index (χ3v) is 9.39. The second kappa shape index (κ2) is 37.9. The highest BCUT2D eigenvalue weighted by Crippen LogP contribution is 2.32. The van der Waals surface area contributed by atoms with Crippen LogP contribution in [0, 0.1) is 0 Å². The summed E-state index contributed by atoms with van der Waals surface area (Å²) in [5.41, 5.74) is 0.903. The number of unbranched alkanes of at least 4 members (excludes halogenated alkanes) is 2. The van der Waals surface area contributed by atoms with Gasteiger partial charge in [-0.1, -0.05) is 25.8 Å². The molecule has 1 saturated heterocycles. The van der Waals surface area contributed by atoms with Gasteiger partial charge in [0.05, 0.1) is 176 Å². The van der Waals surface area contributed by atoms with Crippen LogP contribution >= 0.6 is 0 Å². The van der Waals surface area contributed by atoms with Crippen molar-refractivity contribution >= 4 is 29.3 Å². The molecule has 0 aromatic heterocycles. The SMILES string of the molecule is CCCCCOCCOCCOCCOCCOCCOCCOCCOCCOCCOCCOCCOCCOCCNc1cccc2c1C(=O)N(C1CCC(=O)NC1=O)C2=O. The first-order valence-electron chi connectivity index (χ1n) is 22.6. The van der Waals surface area contributed by atoms with Gasteiger partial charge in [-0.3, -0.25) is 29.4 Å². The fourth-order valence-corrected chi connectivity index (χ4v) is 6.12. The molecule has 2 heterocycles. The fourth-order valence-electron chi connectivity index (χ4n) is 6.12. The number of hydrogen-bond acceptors (Lipinski definition) is 18. The van der Waals surface area contributed by atoms with Gasteiger partial charge in [-0.15, -0.1) is 0 Å². The molecule has 2 aliphatic rings. The van der Waals surface area contributed by atoms with E-state index < -0.39 is 29.7 Å². The van der Waals surface area contributed by atoms with Gasteiger partial charge >= 0.3 is 0 Å². The lowest BCUT2D eigenvalue weighted by atomic mass is 10.0. The molecule has 3 rings (SSSR count). The van der Waals surface area contributed by atoms with Crippen molar-refractivity contribution in [3.05, 3.63) is 29.3 Å². The first-order valence-corrected chi connectivity index (χ1v) is 22.6. The average molecular weight is 916 g/mol. The number of benzene rings is 1. The van der Waals surface area contributed by atoms with Gasteiger partial charge < -0.3 is 66.9 Å². The van der Waals surface area contributed by atoms with Crippen LogP contribution in [0.3, 0.4) is 0 Å². The Bertz CT molecular complexity index is 1390. The second-order valence-corrected chi connectivity index (χ2v) is 14.3. The Morgan fingerprint density at radius 2 is 0.875 bits per heavy atom. The van der Waals surface area contributed by atoms with E-state index in [4.69, 9.17) is 61.6 Å². The fraction of sp³-hybridized carbons (Fsp3) is 0.773. The summed E-state index contributed by atoms with van der Waals surface area (Å²) < 4.78 is 71.6. The van der Waals surface area contributed by atoms with E-state index in [-0.39, 0.29) is 24.0 Å². The van der Waals surface area contributed by atoms with Gasteiger partial charge in [-0.2, -0.15) is 0 Å². The summed E-state index contributed by atoms with van der Waals surface area (Å²) in [7, 11) is 0. The van der Waals surface area contributed by atoms with Crippen molar-refractivity contribution in [2.24, 2.45) is 0 Å². The maximum Gasteiger partial charge on any atom is 0.264 e. The van der Waals surface area contributed by atoms with Crippen LogP contribution in [-0.4, -0.2) is 213 Å². The minimum absolute atomic E-state index is 0.0639. The van der Waals surface area contributed by atoms with E-state index in [1.165, 1.54) is 12.8 Å². The van der Waals surface area contributed by atoms with Gasteiger partial charge in [0.25, 0.3) is 11.8 Å². The zero-order valence-electron chi connectivity index (χ0n) is 37.8. The largest absolute Gasteiger partial charge is 0.382 e. The lowest BCUT2D eigenvalue weighted by Crippen LogP contribution is -2.54. The van der Waals surface area contributed by atoms with Crippen molar-refractivity contribution in [1.29, 1.82) is 0 Å². The van der Waals surface area contributed by atoms with Crippen molar-refractivity contribution < 1.29 is 80.8 Å². The van der Waals surface area contributed by atoms with Gasteiger partial charge in [0, 0.05) is 25.3 Å². The minimum atomic E-state index is -1.01. The number of piperidine rings is 1. The van der Waals surface area contributed by atoms with Crippen LogP contribution in [-0.2, 0) is 71.2 Å². The lowest BCUT2D eigenvalue weighted by molar-refractivity contribution is -0.136. The molecule has 64 heavy (non-hydrogen) atoms. The van der Waals surface area contributed by atoms with E-state index in [2.05, 4.69) is 17.6 Å². The van der Waals surface area contributed by atoms with Gasteiger partial charge in [0.15, 0.2) is 0 Å². The molecule has 1 aromatic carbocycles. The zero-order valence-corrected chi connectivity index (χ0v) is 37.8. The molecule has 2 aliphatic heterocycles. The average Bonchev–Trinajstić information content (AvgIpc) is 3.55. The van der Waals surface area contributed by atoms with Crippen molar-refractivity contribution in [3.63, 3.8) is 0 Å². The van der Waals surface area contributed by atoms with Crippen LogP contribution in [0.5, 0.6) is 0 Å². The third-order valence-electron chi connectivity index (χ3n) is 9.39. The van der Waals surface area contributed by atoms with Gasteiger partial charge in [0.1, 0.15) is 6.04 Å². The number of hydrogen-bond donors (Lipinski definition) is 2. The van der Waals surface area contributed by atoms with Gasteiger partial charge in [0.2, 0.25) is 11.8 Å². The second-order valence-electron chi connectivity index (χ2n) is 14.3. The summed E-state index contributed by atoms with van der Waals surface area (Å²) in [6, 6.07) is 3.90. The molecule has 1 atom stereocenters. The molecule has 1 fully saturated rings. The Morgan fingerprint density at radius 1 is 0.500 bits per heavy atom. The molecule has 2 N–H and O–H groups in total. The molecule has 0 spiro atoms. The summed E-state index contributed by atoms with van der Waals surface area (Å²) in [5.74, 6) is -2.17. The highest BCUT2D eigenvalue weighted by Gasteiger charge is 2.45. The highest BCUT2D eigenvalue weighted by atomic mass is 16.6. The number of anilines is 1. The molecule has 0 radical (unpaired) electrons. The summed E-state index contributed by atoms with van der Waals surface area (Å²) in [6.45, 7) is 15.3. The molecule has 1 aromatic rings. The van der Waals surface area contributed by atoms with E-state index in [1.807, 2.05) is 0 Å². The van der Waals surface area contributed by atoms with Crippen molar-refractivity contribution in [2.45, 2.75) is 45.1 Å². The number of imide groups is 2. The van der Waals surface area contributed by atoms with E-state index >= 15 is 0 Å². The van der Waals surface area contributed by atoms with Crippen molar-refractivity contribution in [3.8, 4) is 0 Å². The summed E-state index contributed by atoms with van der Waals surface area (Å²) in [5, 5.41) is 5.34. The quantitative estimate of drug-likeness (QED) is 0.0706. The van der Waals surface area contributed by atoms with E-state index in [0.29, 0.717) is 177 Å². The number of fused-ring (bicyclic) bond motifs is 1. The topological polar surface area (TPSA) is 216 Å². The van der Waals surface area contributed by atoms with E-state index in [1.54, 1.807) is 18.2 Å². The lowest BCUT2D eigenvalue weighted by Gasteiger charge is -2.27. The molecule has 0 saturated carbocycles. The number of carbonyl (C=O) groups is 4. The number of rotatable bonds is 45. The predicted octanol–water partition coefficient (Wildman–Crippen LogP) is 1.91. The number of nitrogens with zero attached hydrogens (tertiary/aromatic N) is 1. The summed E-state index contributed by atoms with van der Waals surface area (Å²) in [4.78, 5) is 50.9. The normalized spacial score (nSPS) is 15.1. The maximum absolute atomic E-state index is 13.2. The third kappa shape index (κ3) is 24.9. The molecule has 0 bridgehead atoms. The van der Waals surface area contributed by atoms with E-state index in [9.17, 15) is 19.2 Å². The molecule has 4 amide bonds. The number of nitrogens with one attached hydrogen (secondary N) is 2. The molecule has 1 unspecified atom stereocenters. The number of ether oxygens (including phenoxy) is 13. The van der Waals surface area contributed by atoms with Gasteiger partial charge in [-0.25, -0.2) is 0 Å². The van der Waals surface area contributed by atoms with Crippen molar-refractivity contribution in [2.75, 3.05) is 184 Å². The van der Waals surface area contributed by atoms with Crippen molar-refractivity contribution in [1.82, 2.24) is 10.2 Å². The van der Waals surface area contributed by atoms with Crippen LogP contribution in [0.25, 0.3) is 0 Å². The Labute approximate surface area is 377 Å². The maximum atomic E-state index is 13.2. The molecule has 20 nitrogen and oxygen atoms in total. The predicted molar refractivity (Wildman–Crippen MR) is 232 cm³/mol. The highest BCUT2D eigenvalue weighted by molar-refractivity contribution is 6.25. The number of carbonyl (C=O) groups excluding carboxylic acids is 4. The smallest absolute Gasteiger partial charge is 0.264 e. The van der Waals surface area contributed by atoms with Crippen LogP contribution < -0.4 is 10.6 Å². The van der Waals surface area contributed by atoms with Crippen LogP contribution in [0.4, 0.5) is 5.69 Å². The molecule has 366 valence electrons. The minimum Gasteiger partial charge on any atom is -0.382 e. The first kappa shape index (κ1) is 55.1. The summed E-state index contributed by atoms with van der Waals surface area (Å²) in [6.07, 6.45) is 3.68. The molecular weight excluding hydrogens is 842 g/mol. The zero-order chi connectivity index (χ0) is 45.6. The van der Waals surface area contributed by atoms with Crippen LogP contribution in [0.1, 0.15) is 59.7 Å². The standard InChI is InChI=1S/C44H73N3O17/c1-2-3-4-11-52-13-15-54-17-19-56-21-23-58-25-27-60-29-31-62-33-35-64-36-34-63-32-30-61-28-26-59-24-22-57-20-18-55-16-14-53-12-10-45-38-7-5-6-37-41(38)44(51)47(43(37)50)39-8-9-40(48)46-42(39)49/h5-7,39,45H,2-4,8-36H2,1H3,(H,46,48,49). The molecule has 0 aliphatic carbocycles. The number of amides is 4. The van der Waals surface area contributed by atoms with Crippen LogP contribution in [0.2, 0.25) is 0 Å². The molecule has 20 heteroatoms.